The quantitative estimate of drug-likeness (QED) is 0.395. The van der Waals surface area contributed by atoms with Crippen molar-refractivity contribution in [2.75, 3.05) is 22.4 Å². The van der Waals surface area contributed by atoms with Crippen LogP contribution in [-0.2, 0) is 10.0 Å². The lowest BCUT2D eigenvalue weighted by atomic mass is 10.2. The fraction of sp³-hybridized carbons (Fsp3) is 0.0870. The Hall–Kier alpha value is -3.03. The fourth-order valence-corrected chi connectivity index (χ4v) is 4.78. The van der Waals surface area contributed by atoms with E-state index < -0.39 is 10.0 Å². The van der Waals surface area contributed by atoms with Crippen molar-refractivity contribution in [2.45, 2.75) is 9.79 Å². The second-order valence-corrected chi connectivity index (χ2v) is 9.11. The van der Waals surface area contributed by atoms with Gasteiger partial charge in [0.2, 0.25) is 0 Å². The van der Waals surface area contributed by atoms with Crippen molar-refractivity contribution in [3.8, 4) is 0 Å². The van der Waals surface area contributed by atoms with E-state index in [-0.39, 0.29) is 17.3 Å². The largest absolute Gasteiger partial charge is 0.322 e. The molecule has 154 valence electrons. The Balaban J connectivity index is 1.83. The standard InChI is InChI=1S/C23H22N2O3S2/c1-3-16-25(30(27,28)22-10-5-4-6-11-22)20-14-12-18(13-15-20)23(26)24-19-8-7-9-21(17-19)29-2/h3-15,17H,1,16H2,2H3,(H,24,26). The number of hydrogen-bond acceptors (Lipinski definition) is 4. The van der Waals surface area contributed by atoms with E-state index in [1.807, 2.05) is 30.5 Å². The Morgan fingerprint density at radius 3 is 2.37 bits per heavy atom. The highest BCUT2D eigenvalue weighted by Gasteiger charge is 2.24. The van der Waals surface area contributed by atoms with Gasteiger partial charge in [-0.15, -0.1) is 18.3 Å². The summed E-state index contributed by atoms with van der Waals surface area (Å²) in [6, 6.07) is 22.3. The molecule has 0 aliphatic carbocycles. The highest BCUT2D eigenvalue weighted by molar-refractivity contribution is 7.98. The highest BCUT2D eigenvalue weighted by Crippen LogP contribution is 2.25. The molecule has 0 aliphatic rings. The number of amides is 1. The SMILES string of the molecule is C=CCN(c1ccc(C(=O)Nc2cccc(SC)c2)cc1)S(=O)(=O)c1ccccc1. The van der Waals surface area contributed by atoms with Crippen molar-refractivity contribution in [3.05, 3.63) is 97.1 Å². The van der Waals surface area contributed by atoms with Gasteiger partial charge in [0.1, 0.15) is 0 Å². The molecule has 0 spiro atoms. The molecule has 0 heterocycles. The second-order valence-electron chi connectivity index (χ2n) is 6.37. The van der Waals surface area contributed by atoms with Crippen LogP contribution in [0.15, 0.2) is 101 Å². The first-order chi connectivity index (χ1) is 14.5. The average Bonchev–Trinajstić information content (AvgIpc) is 2.78. The lowest BCUT2D eigenvalue weighted by molar-refractivity contribution is 0.102. The highest BCUT2D eigenvalue weighted by atomic mass is 32.2. The first-order valence-electron chi connectivity index (χ1n) is 9.20. The van der Waals surface area contributed by atoms with Crippen LogP contribution in [0.3, 0.4) is 0 Å². The van der Waals surface area contributed by atoms with Gasteiger partial charge in [0, 0.05) is 16.1 Å². The Kier molecular flexibility index (Phi) is 6.97. The molecule has 0 aromatic heterocycles. The summed E-state index contributed by atoms with van der Waals surface area (Å²) in [5, 5.41) is 2.86. The van der Waals surface area contributed by atoms with Crippen molar-refractivity contribution < 1.29 is 13.2 Å². The molecular weight excluding hydrogens is 416 g/mol. The van der Waals surface area contributed by atoms with Crippen LogP contribution in [0.2, 0.25) is 0 Å². The number of carbonyl (C=O) groups is 1. The van der Waals surface area contributed by atoms with Crippen LogP contribution in [0.4, 0.5) is 11.4 Å². The third kappa shape index (κ3) is 4.93. The van der Waals surface area contributed by atoms with Crippen LogP contribution in [0.1, 0.15) is 10.4 Å². The zero-order chi connectivity index (χ0) is 21.6. The molecule has 0 saturated heterocycles. The summed E-state index contributed by atoms with van der Waals surface area (Å²) in [6.07, 6.45) is 3.50. The molecule has 3 aromatic rings. The van der Waals surface area contributed by atoms with Crippen LogP contribution in [0.25, 0.3) is 0 Å². The first-order valence-corrected chi connectivity index (χ1v) is 11.9. The maximum absolute atomic E-state index is 13.0. The van der Waals surface area contributed by atoms with Gasteiger partial charge in [-0.25, -0.2) is 8.42 Å². The normalized spacial score (nSPS) is 11.0. The number of anilines is 2. The molecule has 0 radical (unpaired) electrons. The zero-order valence-corrected chi connectivity index (χ0v) is 18.1. The van der Waals surface area contributed by atoms with Crippen LogP contribution in [-0.4, -0.2) is 27.1 Å². The molecule has 7 heteroatoms. The molecule has 3 aromatic carbocycles. The number of nitrogens with one attached hydrogen (secondary N) is 1. The number of hydrogen-bond donors (Lipinski definition) is 1. The fourth-order valence-electron chi connectivity index (χ4n) is 2.86. The van der Waals surface area contributed by atoms with E-state index in [9.17, 15) is 13.2 Å². The van der Waals surface area contributed by atoms with Gasteiger partial charge in [0.25, 0.3) is 15.9 Å². The summed E-state index contributed by atoms with van der Waals surface area (Å²) < 4.78 is 27.3. The molecule has 0 unspecified atom stereocenters. The molecule has 0 aliphatic heterocycles. The van der Waals surface area contributed by atoms with Gasteiger partial charge in [0.15, 0.2) is 0 Å². The Labute approximate surface area is 181 Å². The van der Waals surface area contributed by atoms with E-state index in [4.69, 9.17) is 0 Å². The van der Waals surface area contributed by atoms with Gasteiger partial charge in [-0.3, -0.25) is 9.10 Å². The Morgan fingerprint density at radius 2 is 1.73 bits per heavy atom. The zero-order valence-electron chi connectivity index (χ0n) is 16.5. The summed E-state index contributed by atoms with van der Waals surface area (Å²) in [5.41, 5.74) is 1.60. The molecule has 30 heavy (non-hydrogen) atoms. The number of sulfonamides is 1. The van der Waals surface area contributed by atoms with E-state index in [1.165, 1.54) is 10.4 Å². The van der Waals surface area contributed by atoms with Crippen molar-refractivity contribution in [1.29, 1.82) is 0 Å². The van der Waals surface area contributed by atoms with Crippen molar-refractivity contribution >= 4 is 39.1 Å². The minimum Gasteiger partial charge on any atom is -0.322 e. The maximum Gasteiger partial charge on any atom is 0.264 e. The summed E-state index contributed by atoms with van der Waals surface area (Å²) in [7, 11) is -3.75. The van der Waals surface area contributed by atoms with Crippen LogP contribution >= 0.6 is 11.8 Å². The van der Waals surface area contributed by atoms with Crippen LogP contribution in [0, 0.1) is 0 Å². The predicted molar refractivity (Wildman–Crippen MR) is 124 cm³/mol. The van der Waals surface area contributed by atoms with E-state index in [0.717, 1.165) is 4.90 Å². The van der Waals surface area contributed by atoms with Gasteiger partial charge in [-0.05, 0) is 60.9 Å². The van der Waals surface area contributed by atoms with Crippen LogP contribution in [0.5, 0.6) is 0 Å². The summed E-state index contributed by atoms with van der Waals surface area (Å²) >= 11 is 1.59. The van der Waals surface area contributed by atoms with E-state index in [0.29, 0.717) is 16.9 Å². The summed E-state index contributed by atoms with van der Waals surface area (Å²) in [4.78, 5) is 13.8. The number of rotatable bonds is 8. The van der Waals surface area contributed by atoms with E-state index in [2.05, 4.69) is 11.9 Å². The Morgan fingerprint density at radius 1 is 1.03 bits per heavy atom. The molecular formula is C23H22N2O3S2. The van der Waals surface area contributed by atoms with Crippen molar-refractivity contribution in [2.24, 2.45) is 0 Å². The topological polar surface area (TPSA) is 66.5 Å². The third-order valence-corrected chi connectivity index (χ3v) is 6.90. The number of thioether (sulfide) groups is 1. The van der Waals surface area contributed by atoms with Gasteiger partial charge in [-0.1, -0.05) is 30.3 Å². The summed E-state index contributed by atoms with van der Waals surface area (Å²) in [6.45, 7) is 3.78. The van der Waals surface area contributed by atoms with Gasteiger partial charge >= 0.3 is 0 Å². The van der Waals surface area contributed by atoms with Crippen LogP contribution < -0.4 is 9.62 Å². The number of benzene rings is 3. The molecule has 1 amide bonds. The predicted octanol–water partition coefficient (Wildman–Crippen LogP) is 5.04. The lowest BCUT2D eigenvalue weighted by Gasteiger charge is -2.23. The van der Waals surface area contributed by atoms with Gasteiger partial charge in [0.05, 0.1) is 17.1 Å². The smallest absolute Gasteiger partial charge is 0.264 e. The second kappa shape index (κ2) is 9.65. The van der Waals surface area contributed by atoms with Gasteiger partial charge < -0.3 is 5.32 Å². The minimum absolute atomic E-state index is 0.115. The van der Waals surface area contributed by atoms with E-state index in [1.54, 1.807) is 66.4 Å². The average molecular weight is 439 g/mol. The molecule has 3 rings (SSSR count). The summed E-state index contributed by atoms with van der Waals surface area (Å²) in [5.74, 6) is -0.263. The number of nitrogens with zero attached hydrogens (tertiary/aromatic N) is 1. The number of carbonyl (C=O) groups excluding carboxylic acids is 1. The monoisotopic (exact) mass is 438 g/mol. The van der Waals surface area contributed by atoms with Crippen molar-refractivity contribution in [3.63, 3.8) is 0 Å². The first kappa shape index (κ1) is 21.7. The van der Waals surface area contributed by atoms with E-state index >= 15 is 0 Å². The molecule has 0 atom stereocenters. The maximum atomic E-state index is 13.0. The third-order valence-electron chi connectivity index (χ3n) is 4.37. The molecule has 0 bridgehead atoms. The molecule has 5 nitrogen and oxygen atoms in total. The molecule has 0 saturated carbocycles. The Bertz CT molecular complexity index is 1130. The minimum atomic E-state index is -3.75. The van der Waals surface area contributed by atoms with Gasteiger partial charge in [-0.2, -0.15) is 0 Å². The van der Waals surface area contributed by atoms with Crippen molar-refractivity contribution in [1.82, 2.24) is 0 Å². The molecule has 0 fully saturated rings. The molecule has 1 N–H and O–H groups in total. The lowest BCUT2D eigenvalue weighted by Crippen LogP contribution is -2.31.